The van der Waals surface area contributed by atoms with E-state index in [1.54, 1.807) is 0 Å². The maximum Gasteiger partial charge on any atom is 0.0230 e. The van der Waals surface area contributed by atoms with Gasteiger partial charge >= 0.3 is 0 Å². The van der Waals surface area contributed by atoms with Gasteiger partial charge in [0, 0.05) is 52.5 Å². The van der Waals surface area contributed by atoms with Crippen LogP contribution in [0.2, 0.25) is 0 Å². The molecule has 0 fully saturated rings. The van der Waals surface area contributed by atoms with Gasteiger partial charge in [-0.2, -0.15) is 47.0 Å². The molecule has 1 aromatic rings. The van der Waals surface area contributed by atoms with Crippen LogP contribution in [0.25, 0.3) is 0 Å². The van der Waals surface area contributed by atoms with Crippen molar-refractivity contribution in [3.63, 3.8) is 0 Å². The lowest BCUT2D eigenvalue weighted by Crippen LogP contribution is -2.22. The Morgan fingerprint density at radius 2 is 1.23 bits per heavy atom. The van der Waals surface area contributed by atoms with Gasteiger partial charge in [0.05, 0.1) is 0 Å². The summed E-state index contributed by atoms with van der Waals surface area (Å²) < 4.78 is 2.56. The van der Waals surface area contributed by atoms with Crippen molar-refractivity contribution in [2.24, 2.45) is 0 Å². The molecule has 0 aliphatic heterocycles. The predicted octanol–water partition coefficient (Wildman–Crippen LogP) is 6.49. The molecule has 0 aromatic heterocycles. The number of benzene rings is 1. The van der Waals surface area contributed by atoms with E-state index in [-0.39, 0.29) is 5.41 Å². The number of rotatable bonds is 14. The Balaban J connectivity index is 2.50. The highest BCUT2D eigenvalue weighted by Gasteiger charge is 2.14. The van der Waals surface area contributed by atoms with Gasteiger partial charge in [0.1, 0.15) is 0 Å². The van der Waals surface area contributed by atoms with Crippen LogP contribution in [0, 0.1) is 0 Å². The first-order chi connectivity index (χ1) is 12.5. The average Bonchev–Trinajstić information content (AvgIpc) is 2.60. The van der Waals surface area contributed by atoms with Crippen LogP contribution in [-0.4, -0.2) is 64.4 Å². The van der Waals surface area contributed by atoms with Gasteiger partial charge in [0.15, 0.2) is 0 Å². The minimum Gasteiger partial charge on any atom is -0.245 e. The van der Waals surface area contributed by atoms with Gasteiger partial charge in [-0.05, 0) is 47.6 Å². The van der Waals surface area contributed by atoms with E-state index in [1.165, 1.54) is 45.0 Å². The third-order valence-electron chi connectivity index (χ3n) is 3.79. The highest BCUT2D eigenvalue weighted by atomic mass is 32.2. The molecular formula is C20H35NS5. The van der Waals surface area contributed by atoms with Crippen LogP contribution in [-0.2, 0) is 5.41 Å². The molecule has 0 saturated heterocycles. The van der Waals surface area contributed by atoms with Gasteiger partial charge in [0.2, 0.25) is 0 Å². The first-order valence-electron chi connectivity index (χ1n) is 9.14. The van der Waals surface area contributed by atoms with Crippen molar-refractivity contribution < 1.29 is 0 Å². The number of thioether (sulfide) groups is 4. The van der Waals surface area contributed by atoms with E-state index in [2.05, 4.69) is 85.4 Å². The molecule has 1 nitrogen and oxygen atoms in total. The van der Waals surface area contributed by atoms with E-state index in [9.17, 15) is 0 Å². The average molecular weight is 450 g/mol. The lowest BCUT2D eigenvalue weighted by atomic mass is 9.87. The number of nitrogens with zero attached hydrogens (tertiary/aromatic N) is 1. The maximum absolute atomic E-state index is 2.56. The Hall–Kier alpha value is 0.930. The van der Waals surface area contributed by atoms with Crippen LogP contribution in [0.1, 0.15) is 26.3 Å². The quantitative estimate of drug-likeness (QED) is 0.234. The van der Waals surface area contributed by atoms with Crippen LogP contribution >= 0.6 is 59.0 Å². The smallest absolute Gasteiger partial charge is 0.0230 e. The van der Waals surface area contributed by atoms with E-state index >= 15 is 0 Å². The summed E-state index contributed by atoms with van der Waals surface area (Å²) in [5.41, 5.74) is 1.64. The molecule has 0 atom stereocenters. The predicted molar refractivity (Wildman–Crippen MR) is 134 cm³/mol. The molecule has 0 unspecified atom stereocenters. The normalized spacial score (nSPS) is 12.1. The monoisotopic (exact) mass is 449 g/mol. The Bertz CT molecular complexity index is 444. The topological polar surface area (TPSA) is 3.24 Å². The van der Waals surface area contributed by atoms with Gasteiger partial charge < -0.3 is 0 Å². The van der Waals surface area contributed by atoms with Gasteiger partial charge in [0.25, 0.3) is 0 Å². The van der Waals surface area contributed by atoms with E-state index in [1.807, 2.05) is 35.5 Å². The molecule has 0 saturated carbocycles. The van der Waals surface area contributed by atoms with Crippen molar-refractivity contribution in [2.45, 2.75) is 31.1 Å². The molecule has 1 aromatic carbocycles. The number of hydrogen-bond acceptors (Lipinski definition) is 6. The first kappa shape index (κ1) is 25.0. The standard InChI is InChI=1S/C20H35NS5/c1-20(2,3)18-6-8-19(9-7-18)26-21(10-12-24-16-14-22-4)11-13-25-17-15-23-5/h6-9H,10-17H2,1-5H3. The molecule has 1 rings (SSSR count). The van der Waals surface area contributed by atoms with Crippen molar-refractivity contribution in [3.8, 4) is 0 Å². The molecule has 0 N–H and O–H groups in total. The van der Waals surface area contributed by atoms with Gasteiger partial charge in [-0.25, -0.2) is 4.31 Å². The summed E-state index contributed by atoms with van der Waals surface area (Å²) >= 11 is 9.99. The van der Waals surface area contributed by atoms with Crippen LogP contribution in [0.4, 0.5) is 0 Å². The molecule has 6 heteroatoms. The zero-order valence-corrected chi connectivity index (χ0v) is 21.0. The van der Waals surface area contributed by atoms with Crippen molar-refractivity contribution in [2.75, 3.05) is 60.1 Å². The fraction of sp³-hybridized carbons (Fsp3) is 0.700. The zero-order valence-electron chi connectivity index (χ0n) is 17.0. The van der Waals surface area contributed by atoms with E-state index in [4.69, 9.17) is 0 Å². The van der Waals surface area contributed by atoms with Crippen molar-refractivity contribution >= 4 is 59.0 Å². The van der Waals surface area contributed by atoms with Crippen LogP contribution in [0.3, 0.4) is 0 Å². The Kier molecular flexibility index (Phi) is 14.3. The van der Waals surface area contributed by atoms with Crippen molar-refractivity contribution in [1.29, 1.82) is 0 Å². The van der Waals surface area contributed by atoms with Crippen LogP contribution < -0.4 is 0 Å². The Morgan fingerprint density at radius 3 is 1.65 bits per heavy atom. The Morgan fingerprint density at radius 1 is 0.731 bits per heavy atom. The van der Waals surface area contributed by atoms with Crippen molar-refractivity contribution in [1.82, 2.24) is 4.31 Å². The first-order valence-corrected chi connectivity index (χ1v) is 15.0. The molecule has 0 bridgehead atoms. The summed E-state index contributed by atoms with van der Waals surface area (Å²) in [5.74, 6) is 7.50. The second-order valence-electron chi connectivity index (χ2n) is 7.01. The third-order valence-corrected chi connectivity index (χ3v) is 8.56. The zero-order chi connectivity index (χ0) is 19.3. The van der Waals surface area contributed by atoms with Crippen LogP contribution in [0.5, 0.6) is 0 Å². The van der Waals surface area contributed by atoms with Gasteiger partial charge in [-0.15, -0.1) is 0 Å². The summed E-state index contributed by atoms with van der Waals surface area (Å²) in [5, 5.41) is 0. The van der Waals surface area contributed by atoms with Gasteiger partial charge in [-0.1, -0.05) is 32.9 Å². The van der Waals surface area contributed by atoms with Gasteiger partial charge in [-0.3, -0.25) is 0 Å². The summed E-state index contributed by atoms with van der Waals surface area (Å²) in [6.07, 6.45) is 4.38. The fourth-order valence-electron chi connectivity index (χ4n) is 2.19. The second-order valence-corrected chi connectivity index (χ2v) is 12.6. The van der Waals surface area contributed by atoms with E-state index in [0.29, 0.717) is 0 Å². The lowest BCUT2D eigenvalue weighted by Gasteiger charge is -2.22. The largest absolute Gasteiger partial charge is 0.245 e. The molecule has 150 valence electrons. The van der Waals surface area contributed by atoms with E-state index < -0.39 is 0 Å². The van der Waals surface area contributed by atoms with Crippen LogP contribution in [0.15, 0.2) is 29.2 Å². The fourth-order valence-corrected chi connectivity index (χ4v) is 6.72. The third kappa shape index (κ3) is 11.7. The molecule has 0 spiro atoms. The highest BCUT2D eigenvalue weighted by molar-refractivity contribution is 8.03. The molecule has 0 aliphatic carbocycles. The number of hydrogen-bond donors (Lipinski definition) is 0. The SMILES string of the molecule is CSCCSCCN(CCSCCSC)Sc1ccc(C(C)(C)C)cc1. The maximum atomic E-state index is 2.56. The molecule has 0 heterocycles. The Labute approximate surface area is 183 Å². The minimum atomic E-state index is 0.227. The summed E-state index contributed by atoms with van der Waals surface area (Å²) in [6, 6.07) is 9.17. The minimum absolute atomic E-state index is 0.227. The van der Waals surface area contributed by atoms with E-state index in [0.717, 1.165) is 13.1 Å². The molecule has 0 radical (unpaired) electrons. The molecule has 26 heavy (non-hydrogen) atoms. The van der Waals surface area contributed by atoms with Crippen molar-refractivity contribution in [3.05, 3.63) is 29.8 Å². The summed E-state index contributed by atoms with van der Waals surface area (Å²) in [4.78, 5) is 1.36. The second kappa shape index (κ2) is 14.9. The lowest BCUT2D eigenvalue weighted by molar-refractivity contribution is 0.533. The summed E-state index contributed by atoms with van der Waals surface area (Å²) in [7, 11) is 0. The highest BCUT2D eigenvalue weighted by Crippen LogP contribution is 2.28. The molecule has 0 amide bonds. The molecular weight excluding hydrogens is 415 g/mol. The molecule has 0 aliphatic rings. The summed E-state index contributed by atoms with van der Waals surface area (Å²) in [6.45, 7) is 9.15.